The Morgan fingerprint density at radius 1 is 0.912 bits per heavy atom. The van der Waals surface area contributed by atoms with Crippen LogP contribution >= 0.6 is 0 Å². The molecule has 1 saturated carbocycles. The molecule has 5 rings (SSSR count). The Morgan fingerprint density at radius 3 is 2.15 bits per heavy atom. The fourth-order valence-corrected chi connectivity index (χ4v) is 4.75. The highest BCUT2D eigenvalue weighted by atomic mass is 16.5. The molecule has 3 aromatic rings. The Bertz CT molecular complexity index is 1240. The van der Waals surface area contributed by atoms with E-state index in [0.29, 0.717) is 18.5 Å². The lowest BCUT2D eigenvalue weighted by atomic mass is 9.76. The van der Waals surface area contributed by atoms with E-state index >= 15 is 0 Å². The maximum absolute atomic E-state index is 13.0. The fourth-order valence-electron chi connectivity index (χ4n) is 4.75. The van der Waals surface area contributed by atoms with E-state index in [9.17, 15) is 14.4 Å². The topological polar surface area (TPSA) is 105 Å². The van der Waals surface area contributed by atoms with Gasteiger partial charge in [0.25, 0.3) is 0 Å². The summed E-state index contributed by atoms with van der Waals surface area (Å²) < 4.78 is 5.61. The molecule has 0 unspecified atom stereocenters. The molecule has 1 fully saturated rings. The monoisotopic (exact) mass is 456 g/mol. The summed E-state index contributed by atoms with van der Waals surface area (Å²) in [6.07, 6.45) is 1.13. The van der Waals surface area contributed by atoms with Crippen LogP contribution in [0.15, 0.2) is 72.8 Å². The molecular formula is C27H24N2O5. The van der Waals surface area contributed by atoms with Crippen LogP contribution in [0.5, 0.6) is 0 Å². The number of carboxylic acid groups (broad SMARTS) is 1. The van der Waals surface area contributed by atoms with Crippen LogP contribution in [0.4, 0.5) is 10.5 Å². The molecule has 0 radical (unpaired) electrons. The molecule has 2 aliphatic rings. The van der Waals surface area contributed by atoms with Gasteiger partial charge in [-0.2, -0.15) is 0 Å². The van der Waals surface area contributed by atoms with Gasteiger partial charge in [0.05, 0.1) is 5.56 Å². The van der Waals surface area contributed by atoms with Gasteiger partial charge in [-0.15, -0.1) is 0 Å². The second-order valence-electron chi connectivity index (χ2n) is 8.73. The van der Waals surface area contributed by atoms with E-state index in [0.717, 1.165) is 28.7 Å². The molecule has 172 valence electrons. The van der Waals surface area contributed by atoms with Crippen molar-refractivity contribution in [2.24, 2.45) is 0 Å². The number of carboxylic acids is 1. The molecular weight excluding hydrogens is 432 g/mol. The van der Waals surface area contributed by atoms with Gasteiger partial charge in [-0.1, -0.05) is 54.6 Å². The molecule has 0 bridgehead atoms. The smallest absolute Gasteiger partial charge is 0.408 e. The quantitative estimate of drug-likeness (QED) is 0.495. The first-order chi connectivity index (χ1) is 16.5. The van der Waals surface area contributed by atoms with Crippen LogP contribution in [0, 0.1) is 0 Å². The van der Waals surface area contributed by atoms with Gasteiger partial charge < -0.3 is 20.5 Å². The van der Waals surface area contributed by atoms with E-state index in [1.165, 1.54) is 12.1 Å². The van der Waals surface area contributed by atoms with Crippen molar-refractivity contribution in [3.8, 4) is 11.1 Å². The number of benzene rings is 3. The average molecular weight is 456 g/mol. The number of rotatable bonds is 6. The minimum atomic E-state index is -1.08. The zero-order valence-electron chi connectivity index (χ0n) is 18.4. The van der Waals surface area contributed by atoms with Gasteiger partial charge in [0.15, 0.2) is 0 Å². The van der Waals surface area contributed by atoms with Crippen LogP contribution in [-0.4, -0.2) is 35.2 Å². The molecule has 3 aromatic carbocycles. The molecule has 0 aromatic heterocycles. The average Bonchev–Trinajstić information content (AvgIpc) is 3.14. The third kappa shape index (κ3) is 3.90. The lowest BCUT2D eigenvalue weighted by Crippen LogP contribution is -2.61. The normalized spacial score (nSPS) is 15.4. The van der Waals surface area contributed by atoms with Crippen molar-refractivity contribution in [1.82, 2.24) is 5.32 Å². The number of aromatic carboxylic acids is 1. The SMILES string of the molecule is O=C(NC1(C(=O)Nc2cccc(C(=O)O)c2)CCC1)OCC1c2ccccc2-c2ccccc21. The highest BCUT2D eigenvalue weighted by Gasteiger charge is 2.46. The number of hydrogen-bond acceptors (Lipinski definition) is 4. The molecule has 34 heavy (non-hydrogen) atoms. The Balaban J connectivity index is 1.26. The number of carbonyl (C=O) groups is 3. The zero-order valence-corrected chi connectivity index (χ0v) is 18.4. The van der Waals surface area contributed by atoms with Gasteiger partial charge in [0.1, 0.15) is 12.1 Å². The van der Waals surface area contributed by atoms with Gasteiger partial charge in [-0.05, 0) is 59.7 Å². The standard InChI is InChI=1S/C27H24N2O5/c30-24(31)17-7-5-8-18(15-17)28-25(32)27(13-6-14-27)29-26(33)34-16-23-21-11-3-1-9-19(21)20-10-2-4-12-22(20)23/h1-5,7-12,15,23H,6,13-14,16H2,(H,28,32)(H,29,33)(H,30,31). The third-order valence-corrected chi connectivity index (χ3v) is 6.69. The molecule has 0 spiro atoms. The molecule has 7 heteroatoms. The largest absolute Gasteiger partial charge is 0.478 e. The summed E-state index contributed by atoms with van der Waals surface area (Å²) >= 11 is 0. The van der Waals surface area contributed by atoms with Crippen LogP contribution in [0.1, 0.15) is 46.7 Å². The Morgan fingerprint density at radius 2 is 1.56 bits per heavy atom. The predicted molar refractivity (Wildman–Crippen MR) is 127 cm³/mol. The first-order valence-electron chi connectivity index (χ1n) is 11.2. The highest BCUT2D eigenvalue weighted by molar-refractivity contribution is 6.01. The van der Waals surface area contributed by atoms with E-state index < -0.39 is 17.6 Å². The van der Waals surface area contributed by atoms with Gasteiger partial charge >= 0.3 is 12.1 Å². The third-order valence-electron chi connectivity index (χ3n) is 6.69. The summed E-state index contributed by atoms with van der Waals surface area (Å²) in [6, 6.07) is 22.2. The number of carbonyl (C=O) groups excluding carboxylic acids is 2. The highest BCUT2D eigenvalue weighted by Crippen LogP contribution is 2.44. The summed E-state index contributed by atoms with van der Waals surface area (Å²) in [6.45, 7) is 0.165. The maximum atomic E-state index is 13.0. The molecule has 0 saturated heterocycles. The maximum Gasteiger partial charge on any atom is 0.408 e. The molecule has 0 heterocycles. The van der Waals surface area contributed by atoms with Gasteiger partial charge in [-0.25, -0.2) is 9.59 Å². The minimum Gasteiger partial charge on any atom is -0.478 e. The fraction of sp³-hybridized carbons (Fsp3) is 0.222. The van der Waals surface area contributed by atoms with Crippen molar-refractivity contribution in [1.29, 1.82) is 0 Å². The number of hydrogen-bond donors (Lipinski definition) is 3. The molecule has 2 amide bonds. The van der Waals surface area contributed by atoms with Crippen molar-refractivity contribution in [2.75, 3.05) is 11.9 Å². The van der Waals surface area contributed by atoms with Gasteiger partial charge in [0, 0.05) is 11.6 Å². The van der Waals surface area contributed by atoms with Crippen LogP contribution in [0.3, 0.4) is 0 Å². The summed E-state index contributed by atoms with van der Waals surface area (Å²) in [5.74, 6) is -1.52. The van der Waals surface area contributed by atoms with Crippen molar-refractivity contribution in [3.05, 3.63) is 89.5 Å². The van der Waals surface area contributed by atoms with Crippen molar-refractivity contribution in [3.63, 3.8) is 0 Å². The Kier molecular flexibility index (Phi) is 5.53. The summed E-state index contributed by atoms with van der Waals surface area (Å²) in [4.78, 5) is 36.9. The van der Waals surface area contributed by atoms with Crippen LogP contribution in [-0.2, 0) is 9.53 Å². The predicted octanol–water partition coefficient (Wildman–Crippen LogP) is 4.78. The molecule has 3 N–H and O–H groups in total. The molecule has 7 nitrogen and oxygen atoms in total. The minimum absolute atomic E-state index is 0.0666. The summed E-state index contributed by atoms with van der Waals surface area (Å²) in [5.41, 5.74) is 3.89. The molecule has 0 aliphatic heterocycles. The van der Waals surface area contributed by atoms with Gasteiger partial charge in [0.2, 0.25) is 5.91 Å². The van der Waals surface area contributed by atoms with Crippen LogP contribution in [0.25, 0.3) is 11.1 Å². The number of alkyl carbamates (subject to hydrolysis) is 1. The van der Waals surface area contributed by atoms with E-state index in [2.05, 4.69) is 22.8 Å². The second-order valence-corrected chi connectivity index (χ2v) is 8.73. The van der Waals surface area contributed by atoms with E-state index in [1.807, 2.05) is 36.4 Å². The van der Waals surface area contributed by atoms with Crippen LogP contribution < -0.4 is 10.6 Å². The van der Waals surface area contributed by atoms with E-state index in [1.54, 1.807) is 12.1 Å². The van der Waals surface area contributed by atoms with Crippen molar-refractivity contribution >= 4 is 23.7 Å². The number of nitrogens with one attached hydrogen (secondary N) is 2. The summed E-state index contributed by atoms with van der Waals surface area (Å²) in [5, 5.41) is 14.7. The molecule has 0 atom stereocenters. The number of amides is 2. The lowest BCUT2D eigenvalue weighted by molar-refractivity contribution is -0.125. The lowest BCUT2D eigenvalue weighted by Gasteiger charge is -2.40. The number of anilines is 1. The number of fused-ring (bicyclic) bond motifs is 3. The second kappa shape index (κ2) is 8.67. The van der Waals surface area contributed by atoms with Crippen molar-refractivity contribution in [2.45, 2.75) is 30.7 Å². The van der Waals surface area contributed by atoms with Crippen LogP contribution in [0.2, 0.25) is 0 Å². The van der Waals surface area contributed by atoms with E-state index in [-0.39, 0.29) is 24.0 Å². The molecule has 2 aliphatic carbocycles. The van der Waals surface area contributed by atoms with Crippen molar-refractivity contribution < 1.29 is 24.2 Å². The summed E-state index contributed by atoms with van der Waals surface area (Å²) in [7, 11) is 0. The van der Waals surface area contributed by atoms with E-state index in [4.69, 9.17) is 9.84 Å². The first-order valence-corrected chi connectivity index (χ1v) is 11.2. The Hall–Kier alpha value is -4.13. The Labute approximate surface area is 196 Å². The first kappa shape index (κ1) is 21.7. The number of ether oxygens (including phenoxy) is 1. The van der Waals surface area contributed by atoms with Gasteiger partial charge in [-0.3, -0.25) is 4.79 Å². The zero-order chi connectivity index (χ0) is 23.7.